The van der Waals surface area contributed by atoms with E-state index in [2.05, 4.69) is 81.3 Å². The van der Waals surface area contributed by atoms with Crippen LogP contribution in [-0.2, 0) is 0 Å². The number of hydrogen-bond donors (Lipinski definition) is 0. The predicted octanol–water partition coefficient (Wildman–Crippen LogP) is 11.6. The first-order chi connectivity index (χ1) is 27.2. The second kappa shape index (κ2) is 12.5. The number of oxazole rings is 2. The van der Waals surface area contributed by atoms with Crippen molar-refractivity contribution in [3.05, 3.63) is 170 Å². The van der Waals surface area contributed by atoms with Gasteiger partial charge in [-0.05, 0) is 72.8 Å². The standard InChI is InChI=1S/C47H28N6O2/c1-6-16-38-33(11-1)34-12-2-7-17-39(34)53(38)40-18-8-3-13-35(40)45-51-43(29-21-25-31(26-22-29)46-48-36-14-4-9-19-41(36)54-46)50-44(52-45)30-23-27-32(28-24-30)47-49-37-15-5-10-20-42(37)55-47/h1-28H. The molecule has 0 spiro atoms. The SMILES string of the molecule is c1ccc(-n2c3ccccc3c3ccccc32)c(-c2nc(-c3ccc(-c4nc5ccccc5o4)cc3)nc(-c3ccc(-c4nc5ccccc5o4)cc3)n2)c1. The molecule has 11 aromatic rings. The molecular weight excluding hydrogens is 681 g/mol. The van der Waals surface area contributed by atoms with Gasteiger partial charge in [-0.15, -0.1) is 0 Å². The van der Waals surface area contributed by atoms with Crippen molar-refractivity contribution in [2.45, 2.75) is 0 Å². The zero-order valence-electron chi connectivity index (χ0n) is 29.2. The van der Waals surface area contributed by atoms with E-state index in [1.807, 2.05) is 103 Å². The molecule has 0 saturated heterocycles. The van der Waals surface area contributed by atoms with Gasteiger partial charge in [0.2, 0.25) is 11.8 Å². The Bertz CT molecular complexity index is 2960. The third-order valence-corrected chi connectivity index (χ3v) is 9.97. The van der Waals surface area contributed by atoms with Crippen LogP contribution < -0.4 is 0 Å². The second-order valence-electron chi connectivity index (χ2n) is 13.3. The van der Waals surface area contributed by atoms with Gasteiger partial charge >= 0.3 is 0 Å². The Morgan fingerprint density at radius 3 is 1.29 bits per heavy atom. The summed E-state index contributed by atoms with van der Waals surface area (Å²) in [4.78, 5) is 24.8. The Morgan fingerprint density at radius 1 is 0.345 bits per heavy atom. The molecule has 55 heavy (non-hydrogen) atoms. The first kappa shape index (κ1) is 30.9. The fourth-order valence-corrected chi connectivity index (χ4v) is 7.31. The van der Waals surface area contributed by atoms with Gasteiger partial charge in [-0.1, -0.05) is 97.1 Å². The van der Waals surface area contributed by atoms with Crippen LogP contribution in [0.1, 0.15) is 0 Å². The maximum absolute atomic E-state index is 6.06. The highest BCUT2D eigenvalue weighted by molar-refractivity contribution is 6.09. The van der Waals surface area contributed by atoms with Crippen LogP contribution in [-0.4, -0.2) is 29.5 Å². The Balaban J connectivity index is 1.06. The van der Waals surface area contributed by atoms with Crippen LogP contribution in [0.25, 0.3) is 107 Å². The van der Waals surface area contributed by atoms with E-state index in [0.717, 1.165) is 66.7 Å². The summed E-state index contributed by atoms with van der Waals surface area (Å²) in [7, 11) is 0. The lowest BCUT2D eigenvalue weighted by molar-refractivity contribution is 0.619. The van der Waals surface area contributed by atoms with Gasteiger partial charge < -0.3 is 13.4 Å². The van der Waals surface area contributed by atoms with Gasteiger partial charge in [-0.25, -0.2) is 24.9 Å². The van der Waals surface area contributed by atoms with Gasteiger partial charge in [-0.3, -0.25) is 0 Å². The summed E-state index contributed by atoms with van der Waals surface area (Å²) in [5, 5.41) is 2.37. The van der Waals surface area contributed by atoms with Crippen LogP contribution in [0.15, 0.2) is 179 Å². The van der Waals surface area contributed by atoms with E-state index in [0.29, 0.717) is 29.3 Å². The predicted molar refractivity (Wildman–Crippen MR) is 216 cm³/mol. The summed E-state index contributed by atoms with van der Waals surface area (Å²) in [5.41, 5.74) is 10.6. The molecule has 11 rings (SSSR count). The third-order valence-electron chi connectivity index (χ3n) is 9.97. The lowest BCUT2D eigenvalue weighted by Crippen LogP contribution is -2.03. The second-order valence-corrected chi connectivity index (χ2v) is 13.3. The van der Waals surface area contributed by atoms with E-state index in [-0.39, 0.29) is 0 Å². The van der Waals surface area contributed by atoms with E-state index in [1.54, 1.807) is 0 Å². The molecular formula is C47H28N6O2. The third kappa shape index (κ3) is 5.27. The zero-order chi connectivity index (χ0) is 36.3. The first-order valence-electron chi connectivity index (χ1n) is 18.0. The van der Waals surface area contributed by atoms with E-state index in [4.69, 9.17) is 23.8 Å². The summed E-state index contributed by atoms with van der Waals surface area (Å²) in [6.07, 6.45) is 0. The van der Waals surface area contributed by atoms with Crippen molar-refractivity contribution in [2.75, 3.05) is 0 Å². The molecule has 7 aromatic carbocycles. The van der Waals surface area contributed by atoms with Crippen LogP contribution in [0, 0.1) is 0 Å². The molecule has 0 aliphatic rings. The maximum atomic E-state index is 6.06. The number of hydrogen-bond acceptors (Lipinski definition) is 7. The average Bonchev–Trinajstić information content (AvgIpc) is 3.98. The Kier molecular flexibility index (Phi) is 6.99. The molecule has 8 nitrogen and oxygen atoms in total. The first-order valence-corrected chi connectivity index (χ1v) is 18.0. The molecule has 258 valence electrons. The smallest absolute Gasteiger partial charge is 0.227 e. The Morgan fingerprint density at radius 2 is 0.764 bits per heavy atom. The molecule has 4 heterocycles. The van der Waals surface area contributed by atoms with Gasteiger partial charge in [-0.2, -0.15) is 0 Å². The molecule has 0 bridgehead atoms. The monoisotopic (exact) mass is 708 g/mol. The summed E-state index contributed by atoms with van der Waals surface area (Å²) < 4.78 is 14.4. The Labute approximate surface area is 314 Å². The van der Waals surface area contributed by atoms with E-state index >= 15 is 0 Å². The zero-order valence-corrected chi connectivity index (χ0v) is 29.2. The topological polar surface area (TPSA) is 95.7 Å². The quantitative estimate of drug-likeness (QED) is 0.170. The van der Waals surface area contributed by atoms with E-state index < -0.39 is 0 Å². The summed E-state index contributed by atoms with van der Waals surface area (Å²) in [5.74, 6) is 2.77. The minimum absolute atomic E-state index is 0.546. The van der Waals surface area contributed by atoms with Crippen LogP contribution in [0.2, 0.25) is 0 Å². The van der Waals surface area contributed by atoms with Crippen LogP contribution in [0.3, 0.4) is 0 Å². The van der Waals surface area contributed by atoms with Crippen molar-refractivity contribution in [3.63, 3.8) is 0 Å². The van der Waals surface area contributed by atoms with Crippen molar-refractivity contribution in [1.29, 1.82) is 0 Å². The molecule has 0 fully saturated rings. The van der Waals surface area contributed by atoms with Crippen LogP contribution in [0.4, 0.5) is 0 Å². The minimum atomic E-state index is 0.546. The molecule has 0 N–H and O–H groups in total. The van der Waals surface area contributed by atoms with Crippen molar-refractivity contribution >= 4 is 44.0 Å². The molecule has 0 radical (unpaired) electrons. The van der Waals surface area contributed by atoms with E-state index in [1.165, 1.54) is 10.8 Å². The van der Waals surface area contributed by atoms with Crippen molar-refractivity contribution < 1.29 is 8.83 Å². The fraction of sp³-hybridized carbons (Fsp3) is 0. The average molecular weight is 709 g/mol. The number of aromatic nitrogens is 6. The summed E-state index contributed by atoms with van der Waals surface area (Å²) in [6, 6.07) is 56.8. The summed E-state index contributed by atoms with van der Waals surface area (Å²) >= 11 is 0. The molecule has 0 saturated carbocycles. The van der Waals surface area contributed by atoms with Gasteiger partial charge in [0.15, 0.2) is 28.6 Å². The summed E-state index contributed by atoms with van der Waals surface area (Å²) in [6.45, 7) is 0. The van der Waals surface area contributed by atoms with Crippen molar-refractivity contribution in [3.8, 4) is 62.8 Å². The highest BCUT2D eigenvalue weighted by atomic mass is 16.4. The number of nitrogens with zero attached hydrogens (tertiary/aromatic N) is 6. The van der Waals surface area contributed by atoms with Gasteiger partial charge in [0.25, 0.3) is 0 Å². The molecule has 0 atom stereocenters. The molecule has 0 unspecified atom stereocenters. The van der Waals surface area contributed by atoms with Gasteiger partial charge in [0.05, 0.1) is 16.7 Å². The maximum Gasteiger partial charge on any atom is 0.227 e. The lowest BCUT2D eigenvalue weighted by Gasteiger charge is -2.14. The van der Waals surface area contributed by atoms with E-state index in [9.17, 15) is 0 Å². The highest BCUT2D eigenvalue weighted by Crippen LogP contribution is 2.37. The fourth-order valence-electron chi connectivity index (χ4n) is 7.31. The van der Waals surface area contributed by atoms with Crippen LogP contribution >= 0.6 is 0 Å². The van der Waals surface area contributed by atoms with Gasteiger partial charge in [0, 0.05) is 38.6 Å². The number of rotatable bonds is 6. The van der Waals surface area contributed by atoms with Gasteiger partial charge in [0.1, 0.15) is 11.0 Å². The normalized spacial score (nSPS) is 11.6. The largest absolute Gasteiger partial charge is 0.436 e. The molecule has 0 amide bonds. The molecule has 8 heteroatoms. The number of para-hydroxylation sites is 7. The van der Waals surface area contributed by atoms with Crippen molar-refractivity contribution in [1.82, 2.24) is 29.5 Å². The Hall–Kier alpha value is -7.71. The molecule has 4 aromatic heterocycles. The number of benzene rings is 7. The highest BCUT2D eigenvalue weighted by Gasteiger charge is 2.20. The molecule has 0 aliphatic heterocycles. The lowest BCUT2D eigenvalue weighted by atomic mass is 10.1. The minimum Gasteiger partial charge on any atom is -0.436 e. The molecule has 0 aliphatic carbocycles. The number of fused-ring (bicyclic) bond motifs is 5. The van der Waals surface area contributed by atoms with Crippen LogP contribution in [0.5, 0.6) is 0 Å². The van der Waals surface area contributed by atoms with Crippen molar-refractivity contribution in [2.24, 2.45) is 0 Å².